The van der Waals surface area contributed by atoms with E-state index in [1.165, 1.54) is 6.07 Å². The number of methoxy groups -OCH3 is 1. The average Bonchev–Trinajstić information content (AvgIpc) is 2.63. The zero-order chi connectivity index (χ0) is 17.6. The van der Waals surface area contributed by atoms with Crippen molar-refractivity contribution in [3.05, 3.63) is 70.1 Å². The van der Waals surface area contributed by atoms with Crippen LogP contribution in [0.15, 0.2) is 57.7 Å². The van der Waals surface area contributed by atoms with Crippen molar-refractivity contribution in [2.24, 2.45) is 0 Å². The van der Waals surface area contributed by atoms with Gasteiger partial charge >= 0.3 is 5.63 Å². The highest BCUT2D eigenvalue weighted by atomic mass is 16.7. The summed E-state index contributed by atoms with van der Waals surface area (Å²) in [4.78, 5) is 12.7. The summed E-state index contributed by atoms with van der Waals surface area (Å²) in [7, 11) is 1.58. The van der Waals surface area contributed by atoms with E-state index in [9.17, 15) is 9.90 Å². The summed E-state index contributed by atoms with van der Waals surface area (Å²) in [6.45, 7) is 1.84. The van der Waals surface area contributed by atoms with E-state index in [4.69, 9.17) is 13.9 Å². The van der Waals surface area contributed by atoms with Crippen LogP contribution in [0.2, 0.25) is 0 Å². The summed E-state index contributed by atoms with van der Waals surface area (Å²) in [5.41, 5.74) is 1.07. The van der Waals surface area contributed by atoms with Gasteiger partial charge in [0.2, 0.25) is 5.79 Å². The maximum Gasteiger partial charge on any atom is 0.344 e. The van der Waals surface area contributed by atoms with Gasteiger partial charge in [-0.25, -0.2) is 4.79 Å². The molecular formula is C20H18O5. The molecule has 5 nitrogen and oxygen atoms in total. The van der Waals surface area contributed by atoms with E-state index in [-0.39, 0.29) is 17.3 Å². The number of phenolic OH excluding ortho intramolecular Hbond substituents is 1. The molecule has 128 valence electrons. The van der Waals surface area contributed by atoms with Gasteiger partial charge in [-0.1, -0.05) is 36.4 Å². The Bertz CT molecular complexity index is 992. The van der Waals surface area contributed by atoms with Crippen LogP contribution in [0.3, 0.4) is 0 Å². The molecule has 3 aromatic rings. The minimum Gasteiger partial charge on any atom is -0.504 e. The first-order valence-electron chi connectivity index (χ1n) is 8.10. The first kappa shape index (κ1) is 15.7. The highest BCUT2D eigenvalue weighted by Crippen LogP contribution is 2.46. The predicted molar refractivity (Wildman–Crippen MR) is 93.1 cm³/mol. The standard InChI is InChI=1S/C20H18O5/c1-20(23-2)11-14(12-7-4-3-5-8-12)16-18(25-20)13-9-6-10-15(21)17(13)24-19(16)22/h3-10,14,21H,11H2,1-2H3/t14-,20-/m1/s1. The Balaban J connectivity index is 2.05. The third-order valence-corrected chi connectivity index (χ3v) is 4.77. The van der Waals surface area contributed by atoms with Crippen molar-refractivity contribution in [1.29, 1.82) is 0 Å². The van der Waals surface area contributed by atoms with Crippen LogP contribution in [0.4, 0.5) is 0 Å². The summed E-state index contributed by atoms with van der Waals surface area (Å²) in [6, 6.07) is 14.7. The predicted octanol–water partition coefficient (Wildman–Crippen LogP) is 3.78. The Labute approximate surface area is 144 Å². The number of hydrogen-bond donors (Lipinski definition) is 1. The SMILES string of the molecule is CO[C@@]1(C)C[C@H](c2ccccc2)c2c(c3cccc(O)c3oc2=O)O1. The zero-order valence-electron chi connectivity index (χ0n) is 14.0. The van der Waals surface area contributed by atoms with E-state index in [0.29, 0.717) is 23.1 Å². The molecule has 0 radical (unpaired) electrons. The Morgan fingerprint density at radius 1 is 1.16 bits per heavy atom. The normalized spacial score (nSPS) is 22.4. The molecule has 0 spiro atoms. The van der Waals surface area contributed by atoms with Gasteiger partial charge in [0.05, 0.1) is 10.9 Å². The van der Waals surface area contributed by atoms with Crippen molar-refractivity contribution < 1.29 is 19.0 Å². The number of rotatable bonds is 2. The lowest BCUT2D eigenvalue weighted by Crippen LogP contribution is -2.41. The van der Waals surface area contributed by atoms with Crippen LogP contribution in [0, 0.1) is 0 Å². The number of fused-ring (bicyclic) bond motifs is 3. The Morgan fingerprint density at radius 2 is 1.92 bits per heavy atom. The minimum absolute atomic E-state index is 0.0954. The van der Waals surface area contributed by atoms with Crippen molar-refractivity contribution in [1.82, 2.24) is 0 Å². The number of ether oxygens (including phenoxy) is 2. The summed E-state index contributed by atoms with van der Waals surface area (Å²) >= 11 is 0. The van der Waals surface area contributed by atoms with Gasteiger partial charge in [-0.3, -0.25) is 0 Å². The Morgan fingerprint density at radius 3 is 2.64 bits per heavy atom. The van der Waals surface area contributed by atoms with Crippen LogP contribution in [0.25, 0.3) is 11.0 Å². The van der Waals surface area contributed by atoms with E-state index in [2.05, 4.69) is 0 Å². The molecule has 1 aromatic heterocycles. The second-order valence-corrected chi connectivity index (χ2v) is 6.39. The summed E-state index contributed by atoms with van der Waals surface area (Å²) < 4.78 is 17.1. The maximum absolute atomic E-state index is 12.7. The largest absolute Gasteiger partial charge is 0.504 e. The van der Waals surface area contributed by atoms with Crippen molar-refractivity contribution in [2.45, 2.75) is 25.0 Å². The number of benzene rings is 2. The Hall–Kier alpha value is -2.79. The van der Waals surface area contributed by atoms with Gasteiger partial charge < -0.3 is 19.0 Å². The van der Waals surface area contributed by atoms with E-state index >= 15 is 0 Å². The van der Waals surface area contributed by atoms with E-state index in [1.807, 2.05) is 37.3 Å². The monoisotopic (exact) mass is 338 g/mol. The van der Waals surface area contributed by atoms with Crippen LogP contribution in [-0.4, -0.2) is 18.0 Å². The van der Waals surface area contributed by atoms with Crippen molar-refractivity contribution >= 4 is 11.0 Å². The Kier molecular flexibility index (Phi) is 3.54. The summed E-state index contributed by atoms with van der Waals surface area (Å²) in [6.07, 6.45) is 0.482. The molecular weight excluding hydrogens is 320 g/mol. The molecule has 2 atom stereocenters. The third-order valence-electron chi connectivity index (χ3n) is 4.77. The van der Waals surface area contributed by atoms with Crippen molar-refractivity contribution in [3.63, 3.8) is 0 Å². The fraction of sp³-hybridized carbons (Fsp3) is 0.250. The van der Waals surface area contributed by atoms with Crippen LogP contribution in [-0.2, 0) is 4.74 Å². The molecule has 1 N–H and O–H groups in total. The smallest absolute Gasteiger partial charge is 0.344 e. The molecule has 0 saturated heterocycles. The molecule has 2 aromatic carbocycles. The fourth-order valence-corrected chi connectivity index (χ4v) is 3.43. The van der Waals surface area contributed by atoms with Crippen molar-refractivity contribution in [3.8, 4) is 11.5 Å². The molecule has 25 heavy (non-hydrogen) atoms. The number of para-hydroxylation sites is 1. The van der Waals surface area contributed by atoms with Gasteiger partial charge in [0.15, 0.2) is 11.3 Å². The van der Waals surface area contributed by atoms with Crippen LogP contribution in [0.5, 0.6) is 11.5 Å². The van der Waals surface area contributed by atoms with E-state index < -0.39 is 11.4 Å². The highest BCUT2D eigenvalue weighted by molar-refractivity contribution is 5.89. The molecule has 0 unspecified atom stereocenters. The second kappa shape index (κ2) is 5.63. The number of aromatic hydroxyl groups is 1. The fourth-order valence-electron chi connectivity index (χ4n) is 3.43. The maximum atomic E-state index is 12.7. The lowest BCUT2D eigenvalue weighted by molar-refractivity contribution is -0.163. The molecule has 2 heterocycles. The molecule has 0 saturated carbocycles. The highest BCUT2D eigenvalue weighted by Gasteiger charge is 2.41. The average molecular weight is 338 g/mol. The van der Waals surface area contributed by atoms with Crippen LogP contribution in [0.1, 0.15) is 30.4 Å². The quantitative estimate of drug-likeness (QED) is 0.720. The molecule has 1 aliphatic heterocycles. The second-order valence-electron chi connectivity index (χ2n) is 6.39. The molecule has 0 amide bonds. The molecule has 0 aliphatic carbocycles. The molecule has 1 aliphatic rings. The van der Waals surface area contributed by atoms with Crippen LogP contribution >= 0.6 is 0 Å². The van der Waals surface area contributed by atoms with Gasteiger partial charge in [0.1, 0.15) is 5.75 Å². The molecule has 5 heteroatoms. The molecule has 4 rings (SSSR count). The van der Waals surface area contributed by atoms with E-state index in [1.54, 1.807) is 19.2 Å². The topological polar surface area (TPSA) is 68.9 Å². The summed E-state index contributed by atoms with van der Waals surface area (Å²) in [5, 5.41) is 10.6. The first-order chi connectivity index (χ1) is 12.0. The number of phenols is 1. The lowest BCUT2D eigenvalue weighted by Gasteiger charge is -2.38. The number of hydrogen-bond acceptors (Lipinski definition) is 5. The molecule has 0 fully saturated rings. The van der Waals surface area contributed by atoms with Gasteiger partial charge in [-0.2, -0.15) is 0 Å². The van der Waals surface area contributed by atoms with Gasteiger partial charge in [0, 0.05) is 26.4 Å². The zero-order valence-corrected chi connectivity index (χ0v) is 14.0. The molecule has 0 bridgehead atoms. The third kappa shape index (κ3) is 2.48. The van der Waals surface area contributed by atoms with Gasteiger partial charge in [0.25, 0.3) is 0 Å². The summed E-state index contributed by atoms with van der Waals surface area (Å²) in [5.74, 6) is -0.800. The lowest BCUT2D eigenvalue weighted by atomic mass is 9.83. The van der Waals surface area contributed by atoms with E-state index in [0.717, 1.165) is 5.56 Å². The van der Waals surface area contributed by atoms with Gasteiger partial charge in [-0.15, -0.1) is 0 Å². The van der Waals surface area contributed by atoms with Gasteiger partial charge in [-0.05, 0) is 17.7 Å². The first-order valence-corrected chi connectivity index (χ1v) is 8.10. The minimum atomic E-state index is -0.889. The van der Waals surface area contributed by atoms with Crippen LogP contribution < -0.4 is 10.4 Å². The van der Waals surface area contributed by atoms with Crippen molar-refractivity contribution in [2.75, 3.05) is 7.11 Å².